The van der Waals surface area contributed by atoms with E-state index in [-0.39, 0.29) is 35.5 Å². The topological polar surface area (TPSA) is 98.4 Å². The number of amides is 1. The van der Waals surface area contributed by atoms with Gasteiger partial charge in [-0.05, 0) is 85.2 Å². The monoisotopic (exact) mass is 647 g/mol. The Balaban J connectivity index is 1.13. The average Bonchev–Trinajstić information content (AvgIpc) is 3.82. The SMILES string of the molecule is COc1cc(COc2ccc3oc(=O)c(-c4ccc(/C=C5\SC(=S)N(C6CC7CCC6C7)C5=O)s4)c(O)c3c2)cc(OC)c1. The molecule has 2 bridgehead atoms. The largest absolute Gasteiger partial charge is 0.506 e. The first kappa shape index (κ1) is 28.9. The van der Waals surface area contributed by atoms with Crippen LogP contribution in [0.15, 0.2) is 62.6 Å². The van der Waals surface area contributed by atoms with Crippen molar-refractivity contribution in [3.8, 4) is 33.4 Å². The molecule has 1 N–H and O–H groups in total. The van der Waals surface area contributed by atoms with Crippen LogP contribution in [0.5, 0.6) is 23.0 Å². The van der Waals surface area contributed by atoms with Gasteiger partial charge in [-0.1, -0.05) is 30.4 Å². The first-order valence-corrected chi connectivity index (χ1v) is 16.4. The first-order valence-electron chi connectivity index (χ1n) is 14.3. The number of fused-ring (bicyclic) bond motifs is 3. The van der Waals surface area contributed by atoms with E-state index in [2.05, 4.69) is 0 Å². The number of benzene rings is 2. The van der Waals surface area contributed by atoms with Crippen LogP contribution in [0, 0.1) is 11.8 Å². The Morgan fingerprint density at radius 1 is 1.02 bits per heavy atom. The normalized spacial score (nSPS) is 22.0. The lowest BCUT2D eigenvalue weighted by molar-refractivity contribution is -0.124. The van der Waals surface area contributed by atoms with Crippen molar-refractivity contribution in [1.82, 2.24) is 4.90 Å². The molecule has 0 spiro atoms. The minimum absolute atomic E-state index is 0.0412. The zero-order chi connectivity index (χ0) is 30.5. The quantitative estimate of drug-likeness (QED) is 0.121. The third-order valence-electron chi connectivity index (χ3n) is 8.67. The fourth-order valence-electron chi connectivity index (χ4n) is 6.58. The van der Waals surface area contributed by atoms with Gasteiger partial charge in [0.05, 0.1) is 24.5 Å². The highest BCUT2D eigenvalue weighted by Gasteiger charge is 2.48. The van der Waals surface area contributed by atoms with Gasteiger partial charge in [0.15, 0.2) is 0 Å². The number of methoxy groups -OCH3 is 2. The summed E-state index contributed by atoms with van der Waals surface area (Å²) in [4.78, 5) is 30.1. The van der Waals surface area contributed by atoms with E-state index < -0.39 is 5.63 Å². The van der Waals surface area contributed by atoms with Crippen molar-refractivity contribution < 1.29 is 28.5 Å². The van der Waals surface area contributed by atoms with Crippen LogP contribution in [0.4, 0.5) is 0 Å². The van der Waals surface area contributed by atoms with Gasteiger partial charge in [0.25, 0.3) is 5.91 Å². The van der Waals surface area contributed by atoms with E-state index in [1.54, 1.807) is 44.6 Å². The fraction of sp³-hybridized carbons (Fsp3) is 0.303. The molecule has 44 heavy (non-hydrogen) atoms. The zero-order valence-corrected chi connectivity index (χ0v) is 26.5. The number of thiophene rings is 1. The summed E-state index contributed by atoms with van der Waals surface area (Å²) in [6.07, 6.45) is 6.47. The number of carbonyl (C=O) groups excluding carboxylic acids is 1. The molecule has 3 atom stereocenters. The maximum absolute atomic E-state index is 13.4. The van der Waals surface area contributed by atoms with Crippen molar-refractivity contribution in [2.75, 3.05) is 14.2 Å². The van der Waals surface area contributed by atoms with Crippen molar-refractivity contribution in [3.63, 3.8) is 0 Å². The van der Waals surface area contributed by atoms with E-state index in [0.717, 1.165) is 16.9 Å². The summed E-state index contributed by atoms with van der Waals surface area (Å²) in [5, 5.41) is 11.6. The standard InChI is InChI=1S/C33H29NO7S3/c1-38-21-10-18(11-22(13-21)39-2)16-40-20-5-7-26-24(14-20)30(35)29(32(37)41-26)27-8-6-23(43-27)15-28-31(36)34(33(42)44-28)25-12-17-3-4-19(25)9-17/h5-8,10-11,13-15,17,19,25,35H,3-4,9,12,16H2,1-2H3/b28-15-. The molecule has 4 aromatic rings. The summed E-state index contributed by atoms with van der Waals surface area (Å²) >= 11 is 8.26. The number of aromatic hydroxyl groups is 1. The molecule has 1 saturated heterocycles. The summed E-state index contributed by atoms with van der Waals surface area (Å²) in [5.74, 6) is 2.79. The number of rotatable bonds is 8. The Kier molecular flexibility index (Phi) is 7.63. The summed E-state index contributed by atoms with van der Waals surface area (Å²) in [5.41, 5.74) is 0.492. The van der Waals surface area contributed by atoms with E-state index in [9.17, 15) is 14.7 Å². The molecule has 3 fully saturated rings. The molecule has 1 aliphatic heterocycles. The molecule has 3 aliphatic rings. The predicted molar refractivity (Wildman–Crippen MR) is 176 cm³/mol. The van der Waals surface area contributed by atoms with Crippen molar-refractivity contribution in [3.05, 3.63) is 74.3 Å². The number of hydrogen-bond donors (Lipinski definition) is 1. The Morgan fingerprint density at radius 2 is 1.82 bits per heavy atom. The molecule has 2 saturated carbocycles. The van der Waals surface area contributed by atoms with E-state index in [1.807, 2.05) is 29.2 Å². The smallest absolute Gasteiger partial charge is 0.348 e. The summed E-state index contributed by atoms with van der Waals surface area (Å²) in [6, 6.07) is 14.2. The number of thiocarbonyl (C=S) groups is 1. The van der Waals surface area contributed by atoms with Crippen molar-refractivity contribution in [1.29, 1.82) is 0 Å². The number of carbonyl (C=O) groups is 1. The summed E-state index contributed by atoms with van der Waals surface area (Å²) < 4.78 is 22.9. The van der Waals surface area contributed by atoms with Crippen molar-refractivity contribution in [2.24, 2.45) is 11.8 Å². The minimum Gasteiger partial charge on any atom is -0.506 e. The van der Waals surface area contributed by atoms with Crippen LogP contribution in [0.2, 0.25) is 0 Å². The second-order valence-electron chi connectivity index (χ2n) is 11.3. The highest BCUT2D eigenvalue weighted by Crippen LogP contribution is 2.49. The van der Waals surface area contributed by atoms with Crippen LogP contribution < -0.4 is 19.8 Å². The number of nitrogens with zero attached hydrogens (tertiary/aromatic N) is 1. The Labute approximate surface area is 267 Å². The van der Waals surface area contributed by atoms with Crippen LogP contribution in [-0.2, 0) is 11.4 Å². The molecule has 2 aromatic heterocycles. The highest BCUT2D eigenvalue weighted by atomic mass is 32.2. The molecule has 0 radical (unpaired) electrons. The molecule has 8 nitrogen and oxygen atoms in total. The molecule has 2 aliphatic carbocycles. The Morgan fingerprint density at radius 3 is 2.52 bits per heavy atom. The van der Waals surface area contributed by atoms with Gasteiger partial charge in [-0.25, -0.2) is 4.79 Å². The molecule has 11 heteroatoms. The van der Waals surface area contributed by atoms with Crippen LogP contribution in [0.1, 0.15) is 36.1 Å². The molecular formula is C33H29NO7S3. The second kappa shape index (κ2) is 11.6. The second-order valence-corrected chi connectivity index (χ2v) is 14.1. The number of thioether (sulfide) groups is 1. The van der Waals surface area contributed by atoms with Crippen molar-refractivity contribution >= 4 is 62.6 Å². The maximum Gasteiger partial charge on any atom is 0.348 e. The van der Waals surface area contributed by atoms with Crippen LogP contribution in [-0.4, -0.2) is 40.5 Å². The lowest BCUT2D eigenvalue weighted by Gasteiger charge is -2.30. The van der Waals surface area contributed by atoms with Gasteiger partial charge < -0.3 is 23.7 Å². The Bertz CT molecular complexity index is 1870. The van der Waals surface area contributed by atoms with Gasteiger partial charge in [0, 0.05) is 21.9 Å². The van der Waals surface area contributed by atoms with Gasteiger partial charge in [0.1, 0.15) is 45.1 Å². The third kappa shape index (κ3) is 5.27. The van der Waals surface area contributed by atoms with Gasteiger partial charge >= 0.3 is 5.63 Å². The molecule has 3 unspecified atom stereocenters. The van der Waals surface area contributed by atoms with Crippen LogP contribution >= 0.6 is 35.3 Å². The van der Waals surface area contributed by atoms with Gasteiger partial charge in [-0.15, -0.1) is 11.3 Å². The first-order chi connectivity index (χ1) is 21.3. The van der Waals surface area contributed by atoms with Crippen LogP contribution in [0.25, 0.3) is 27.5 Å². The zero-order valence-electron chi connectivity index (χ0n) is 24.0. The lowest BCUT2D eigenvalue weighted by atomic mass is 9.94. The highest BCUT2D eigenvalue weighted by molar-refractivity contribution is 8.26. The molecular weight excluding hydrogens is 619 g/mol. The number of ether oxygens (including phenoxy) is 3. The molecule has 226 valence electrons. The average molecular weight is 648 g/mol. The molecule has 1 amide bonds. The minimum atomic E-state index is -0.650. The molecule has 2 aromatic carbocycles. The lowest BCUT2D eigenvalue weighted by Crippen LogP contribution is -2.41. The van der Waals surface area contributed by atoms with Gasteiger partial charge in [-0.3, -0.25) is 9.69 Å². The van der Waals surface area contributed by atoms with Gasteiger partial charge in [-0.2, -0.15) is 0 Å². The maximum atomic E-state index is 13.4. The Hall–Kier alpha value is -3.80. The van der Waals surface area contributed by atoms with E-state index in [4.69, 9.17) is 30.8 Å². The molecule has 7 rings (SSSR count). The number of hydrogen-bond acceptors (Lipinski definition) is 10. The van der Waals surface area contributed by atoms with E-state index in [0.29, 0.717) is 48.6 Å². The predicted octanol–water partition coefficient (Wildman–Crippen LogP) is 7.21. The third-order valence-corrected chi connectivity index (χ3v) is 11.0. The van der Waals surface area contributed by atoms with Crippen LogP contribution in [0.3, 0.4) is 0 Å². The molecule has 3 heterocycles. The fourth-order valence-corrected chi connectivity index (χ4v) is 9.00. The summed E-state index contributed by atoms with van der Waals surface area (Å²) in [6.45, 7) is 0.228. The van der Waals surface area contributed by atoms with E-state index >= 15 is 0 Å². The van der Waals surface area contributed by atoms with Crippen molar-refractivity contribution in [2.45, 2.75) is 38.3 Å². The van der Waals surface area contributed by atoms with E-state index in [1.165, 1.54) is 42.4 Å². The summed E-state index contributed by atoms with van der Waals surface area (Å²) in [7, 11) is 3.17. The van der Waals surface area contributed by atoms with Gasteiger partial charge in [0.2, 0.25) is 0 Å².